The van der Waals surface area contributed by atoms with E-state index in [1.165, 1.54) is 17.0 Å². The van der Waals surface area contributed by atoms with Crippen LogP contribution in [-0.4, -0.2) is 48.9 Å². The fourth-order valence-electron chi connectivity index (χ4n) is 3.58. The van der Waals surface area contributed by atoms with E-state index in [1.54, 1.807) is 55.8 Å². The highest BCUT2D eigenvalue weighted by Gasteiger charge is 2.32. The maximum Gasteiger partial charge on any atom is 0.310 e. The van der Waals surface area contributed by atoms with Crippen molar-refractivity contribution in [3.63, 3.8) is 0 Å². The van der Waals surface area contributed by atoms with Gasteiger partial charge in [0, 0.05) is 37.1 Å². The molecule has 1 aromatic heterocycles. The number of likely N-dealkylation sites (N-methyl/N-ethyl adjacent to an activating group) is 1. The standard InChI is InChI=1S/C27H23FN4O4/c1-32-23-15-19(7-8-20-5-3-12-29-16-20)9-10-24(23)36-17-22(27(32)35)31-26(34)25(33)30-13-11-18-4-2-6-21(28)14-18/h2-6,9-10,12,14-16,22H,11,13,17H2,1H3,(H,30,33)(H,31,34)/t22-/m0/s1. The van der Waals surface area contributed by atoms with Gasteiger partial charge in [-0.15, -0.1) is 0 Å². The minimum atomic E-state index is -1.06. The maximum absolute atomic E-state index is 13.3. The molecule has 3 aromatic rings. The van der Waals surface area contributed by atoms with Crippen LogP contribution in [0.4, 0.5) is 10.1 Å². The van der Waals surface area contributed by atoms with Crippen molar-refractivity contribution in [2.24, 2.45) is 0 Å². The van der Waals surface area contributed by atoms with E-state index >= 15 is 0 Å². The Morgan fingerprint density at radius 1 is 1.11 bits per heavy atom. The highest BCUT2D eigenvalue weighted by molar-refractivity contribution is 6.35. The minimum Gasteiger partial charge on any atom is -0.489 e. The molecule has 3 amide bonds. The van der Waals surface area contributed by atoms with E-state index in [1.807, 2.05) is 6.07 Å². The van der Waals surface area contributed by atoms with Crippen LogP contribution in [0, 0.1) is 17.7 Å². The number of nitrogens with one attached hydrogen (secondary N) is 2. The molecule has 0 radical (unpaired) electrons. The number of nitrogens with zero attached hydrogens (tertiary/aromatic N) is 2. The predicted molar refractivity (Wildman–Crippen MR) is 131 cm³/mol. The van der Waals surface area contributed by atoms with Crippen molar-refractivity contribution >= 4 is 23.4 Å². The molecule has 0 spiro atoms. The number of ether oxygens (including phenoxy) is 1. The number of hydrogen-bond acceptors (Lipinski definition) is 5. The summed E-state index contributed by atoms with van der Waals surface area (Å²) >= 11 is 0. The van der Waals surface area contributed by atoms with Crippen molar-refractivity contribution in [2.75, 3.05) is 25.1 Å². The number of carbonyl (C=O) groups excluding carboxylic acids is 3. The molecule has 1 atom stereocenters. The number of halogens is 1. The molecule has 0 saturated heterocycles. The Labute approximate surface area is 207 Å². The summed E-state index contributed by atoms with van der Waals surface area (Å²) in [5.41, 5.74) is 2.60. The molecule has 1 aliphatic heterocycles. The van der Waals surface area contributed by atoms with Gasteiger partial charge in [0.1, 0.15) is 24.2 Å². The third-order valence-corrected chi connectivity index (χ3v) is 5.47. The quantitative estimate of drug-likeness (QED) is 0.433. The van der Waals surface area contributed by atoms with Gasteiger partial charge >= 0.3 is 11.8 Å². The van der Waals surface area contributed by atoms with Crippen molar-refractivity contribution in [1.82, 2.24) is 15.6 Å². The molecule has 4 rings (SSSR count). The second kappa shape index (κ2) is 11.1. The van der Waals surface area contributed by atoms with Gasteiger partial charge in [-0.05, 0) is 54.4 Å². The van der Waals surface area contributed by atoms with Gasteiger partial charge < -0.3 is 20.3 Å². The highest BCUT2D eigenvalue weighted by Crippen LogP contribution is 2.31. The van der Waals surface area contributed by atoms with Crippen LogP contribution in [0.5, 0.6) is 5.75 Å². The Balaban J connectivity index is 1.37. The van der Waals surface area contributed by atoms with Crippen LogP contribution in [0.15, 0.2) is 67.0 Å². The van der Waals surface area contributed by atoms with E-state index in [-0.39, 0.29) is 19.0 Å². The van der Waals surface area contributed by atoms with Gasteiger partial charge in [0.05, 0.1) is 5.69 Å². The number of benzene rings is 2. The van der Waals surface area contributed by atoms with E-state index in [0.717, 1.165) is 5.56 Å². The van der Waals surface area contributed by atoms with Gasteiger partial charge in [0.15, 0.2) is 0 Å². The Kier molecular flexibility index (Phi) is 7.56. The second-order valence-corrected chi connectivity index (χ2v) is 8.04. The van der Waals surface area contributed by atoms with Crippen LogP contribution < -0.4 is 20.3 Å². The molecule has 9 heteroatoms. The van der Waals surface area contributed by atoms with Crippen molar-refractivity contribution in [1.29, 1.82) is 0 Å². The van der Waals surface area contributed by atoms with E-state index < -0.39 is 23.8 Å². The third kappa shape index (κ3) is 6.04. The van der Waals surface area contributed by atoms with E-state index in [4.69, 9.17) is 4.74 Å². The third-order valence-electron chi connectivity index (χ3n) is 5.47. The summed E-state index contributed by atoms with van der Waals surface area (Å²) in [6.45, 7) is -0.00177. The van der Waals surface area contributed by atoms with Crippen LogP contribution in [-0.2, 0) is 20.8 Å². The molecule has 2 N–H and O–H groups in total. The molecule has 0 bridgehead atoms. The number of aromatic nitrogens is 1. The topological polar surface area (TPSA) is 101 Å². The molecule has 1 aliphatic rings. The lowest BCUT2D eigenvalue weighted by Gasteiger charge is -2.20. The first-order valence-corrected chi connectivity index (χ1v) is 11.2. The molecule has 8 nitrogen and oxygen atoms in total. The number of hydrogen-bond donors (Lipinski definition) is 2. The largest absolute Gasteiger partial charge is 0.489 e. The smallest absolute Gasteiger partial charge is 0.310 e. The Morgan fingerprint density at radius 2 is 1.94 bits per heavy atom. The first-order chi connectivity index (χ1) is 17.4. The summed E-state index contributed by atoms with van der Waals surface area (Å²) in [6, 6.07) is 13.7. The van der Waals surface area contributed by atoms with E-state index in [9.17, 15) is 18.8 Å². The molecule has 0 fully saturated rings. The van der Waals surface area contributed by atoms with E-state index in [2.05, 4.69) is 27.5 Å². The number of amides is 3. The van der Waals surface area contributed by atoms with Gasteiger partial charge in [0.2, 0.25) is 0 Å². The molecular weight excluding hydrogens is 463 g/mol. The van der Waals surface area contributed by atoms with Crippen molar-refractivity contribution < 1.29 is 23.5 Å². The van der Waals surface area contributed by atoms with Gasteiger partial charge in [0.25, 0.3) is 5.91 Å². The summed E-state index contributed by atoms with van der Waals surface area (Å²) in [5, 5.41) is 4.91. The molecule has 2 aromatic carbocycles. The maximum atomic E-state index is 13.3. The molecule has 2 heterocycles. The van der Waals surface area contributed by atoms with Crippen LogP contribution in [0.3, 0.4) is 0 Å². The van der Waals surface area contributed by atoms with Crippen LogP contribution in [0.1, 0.15) is 16.7 Å². The fraction of sp³-hybridized carbons (Fsp3) is 0.185. The van der Waals surface area contributed by atoms with Gasteiger partial charge in [-0.1, -0.05) is 24.0 Å². The first-order valence-electron chi connectivity index (χ1n) is 11.2. The normalized spacial score (nSPS) is 14.4. The van der Waals surface area contributed by atoms with Gasteiger partial charge in [-0.2, -0.15) is 0 Å². The zero-order valence-electron chi connectivity index (χ0n) is 19.5. The SMILES string of the molecule is CN1C(=O)[C@@H](NC(=O)C(=O)NCCc2cccc(F)c2)COc2ccc(C#Cc3cccnc3)cc21. The fourth-order valence-corrected chi connectivity index (χ4v) is 3.58. The van der Waals surface area contributed by atoms with Gasteiger partial charge in [-0.3, -0.25) is 19.4 Å². The van der Waals surface area contributed by atoms with Crippen molar-refractivity contribution in [2.45, 2.75) is 12.5 Å². The molecule has 0 saturated carbocycles. The van der Waals surface area contributed by atoms with Crippen molar-refractivity contribution in [3.05, 3.63) is 89.5 Å². The summed E-state index contributed by atoms with van der Waals surface area (Å²) < 4.78 is 19.0. The minimum absolute atomic E-state index is 0.138. The number of pyridine rings is 1. The lowest BCUT2D eigenvalue weighted by atomic mass is 10.1. The lowest BCUT2D eigenvalue weighted by molar-refractivity contribution is -0.140. The zero-order chi connectivity index (χ0) is 25.5. The highest BCUT2D eigenvalue weighted by atomic mass is 19.1. The summed E-state index contributed by atoms with van der Waals surface area (Å²) in [5.74, 6) is 3.83. The Hall–Kier alpha value is -4.71. The van der Waals surface area contributed by atoms with Gasteiger partial charge in [-0.25, -0.2) is 4.39 Å². The Bertz CT molecular complexity index is 1350. The lowest BCUT2D eigenvalue weighted by Crippen LogP contribution is -2.53. The molecule has 36 heavy (non-hydrogen) atoms. The summed E-state index contributed by atoms with van der Waals surface area (Å²) in [7, 11) is 1.56. The first kappa shape index (κ1) is 24.4. The average Bonchev–Trinajstić information content (AvgIpc) is 3.00. The number of carbonyl (C=O) groups is 3. The summed E-state index contributed by atoms with van der Waals surface area (Å²) in [6.07, 6.45) is 3.67. The molecular formula is C27H23FN4O4. The molecule has 0 aliphatic carbocycles. The molecule has 0 unspecified atom stereocenters. The second-order valence-electron chi connectivity index (χ2n) is 8.04. The predicted octanol–water partition coefficient (Wildman–Crippen LogP) is 1.82. The number of fused-ring (bicyclic) bond motifs is 1. The number of anilines is 1. The van der Waals surface area contributed by atoms with E-state index in [0.29, 0.717) is 29.0 Å². The van der Waals surface area contributed by atoms with Crippen LogP contribution in [0.2, 0.25) is 0 Å². The zero-order valence-corrected chi connectivity index (χ0v) is 19.5. The van der Waals surface area contributed by atoms with Crippen LogP contribution in [0.25, 0.3) is 0 Å². The summed E-state index contributed by atoms with van der Waals surface area (Å²) in [4.78, 5) is 43.0. The van der Waals surface area contributed by atoms with Crippen molar-refractivity contribution in [3.8, 4) is 17.6 Å². The Morgan fingerprint density at radius 3 is 2.72 bits per heavy atom. The average molecular weight is 487 g/mol. The van der Waals surface area contributed by atoms with Crippen LogP contribution >= 0.6 is 0 Å². The number of rotatable bonds is 4. The monoisotopic (exact) mass is 486 g/mol. The molecule has 182 valence electrons.